The average molecular weight is 281 g/mol. The normalized spacial score (nSPS) is 31.8. The van der Waals surface area contributed by atoms with Crippen LogP contribution in [0.4, 0.5) is 0 Å². The number of nitrogens with zero attached hydrogens (tertiary/aromatic N) is 1. The molecule has 1 saturated heterocycles. The van der Waals surface area contributed by atoms with Gasteiger partial charge in [-0.25, -0.2) is 0 Å². The molecule has 0 radical (unpaired) electrons. The molecule has 0 aromatic rings. The van der Waals surface area contributed by atoms with Gasteiger partial charge in [0.2, 0.25) is 0 Å². The van der Waals surface area contributed by atoms with Crippen molar-refractivity contribution in [3.05, 3.63) is 0 Å². The van der Waals surface area contributed by atoms with Gasteiger partial charge >= 0.3 is 0 Å². The smallest absolute Gasteiger partial charge is 0.0746 e. The lowest BCUT2D eigenvalue weighted by atomic mass is 9.73. The minimum Gasteiger partial charge on any atom is -0.391 e. The first kappa shape index (κ1) is 16.3. The highest BCUT2D eigenvalue weighted by molar-refractivity contribution is 4.94. The maximum Gasteiger partial charge on any atom is 0.0746 e. The van der Waals surface area contributed by atoms with Crippen molar-refractivity contribution in [3.8, 4) is 0 Å². The van der Waals surface area contributed by atoms with Crippen LogP contribution in [-0.2, 0) is 0 Å². The fourth-order valence-electron chi connectivity index (χ4n) is 4.32. The highest BCUT2D eigenvalue weighted by Gasteiger charge is 2.39. The molecule has 2 fully saturated rings. The maximum absolute atomic E-state index is 11.0. The molecule has 1 atom stereocenters. The molecule has 118 valence electrons. The average Bonchev–Trinajstić information content (AvgIpc) is 2.76. The zero-order valence-electron chi connectivity index (χ0n) is 13.9. The van der Waals surface area contributed by atoms with Crippen LogP contribution in [0.2, 0.25) is 0 Å². The summed E-state index contributed by atoms with van der Waals surface area (Å²) in [4.78, 5) is 2.57. The van der Waals surface area contributed by atoms with Gasteiger partial charge in [-0.15, -0.1) is 0 Å². The molecule has 2 nitrogen and oxygen atoms in total. The van der Waals surface area contributed by atoms with Crippen molar-refractivity contribution in [2.24, 2.45) is 11.8 Å². The van der Waals surface area contributed by atoms with Gasteiger partial charge in [0.05, 0.1) is 6.10 Å². The molecule has 2 heteroatoms. The molecule has 0 amide bonds. The number of likely N-dealkylation sites (tertiary alicyclic amines) is 1. The van der Waals surface area contributed by atoms with E-state index in [-0.39, 0.29) is 11.6 Å². The highest BCUT2D eigenvalue weighted by Crippen LogP contribution is 2.37. The van der Waals surface area contributed by atoms with Gasteiger partial charge in [-0.3, -0.25) is 4.90 Å². The molecular formula is C18H35NO. The fourth-order valence-corrected chi connectivity index (χ4v) is 4.32. The van der Waals surface area contributed by atoms with Gasteiger partial charge in [-0.2, -0.15) is 0 Å². The largest absolute Gasteiger partial charge is 0.391 e. The molecule has 0 bridgehead atoms. The van der Waals surface area contributed by atoms with Crippen molar-refractivity contribution >= 4 is 0 Å². The van der Waals surface area contributed by atoms with E-state index >= 15 is 0 Å². The highest BCUT2D eigenvalue weighted by atomic mass is 16.3. The topological polar surface area (TPSA) is 23.5 Å². The summed E-state index contributed by atoms with van der Waals surface area (Å²) in [6, 6.07) is 0. The number of hydrogen-bond donors (Lipinski definition) is 1. The first-order valence-electron chi connectivity index (χ1n) is 8.98. The molecular weight excluding hydrogens is 246 g/mol. The van der Waals surface area contributed by atoms with Gasteiger partial charge in [0.25, 0.3) is 0 Å². The first-order chi connectivity index (χ1) is 9.55. The quantitative estimate of drug-likeness (QED) is 0.834. The first-order valence-corrected chi connectivity index (χ1v) is 8.98. The summed E-state index contributed by atoms with van der Waals surface area (Å²) in [6.07, 6.45) is 11.6. The second kappa shape index (κ2) is 7.26. The maximum atomic E-state index is 11.0. The summed E-state index contributed by atoms with van der Waals surface area (Å²) in [7, 11) is 0. The van der Waals surface area contributed by atoms with Gasteiger partial charge in [0.1, 0.15) is 0 Å². The Balaban J connectivity index is 1.93. The Morgan fingerprint density at radius 2 is 1.55 bits per heavy atom. The van der Waals surface area contributed by atoms with Crippen LogP contribution in [0.5, 0.6) is 0 Å². The number of rotatable bonds is 4. The molecule has 20 heavy (non-hydrogen) atoms. The zero-order chi connectivity index (χ0) is 14.6. The van der Waals surface area contributed by atoms with Crippen molar-refractivity contribution in [1.29, 1.82) is 0 Å². The Hall–Kier alpha value is -0.0800. The third-order valence-corrected chi connectivity index (χ3v) is 6.06. The Kier molecular flexibility index (Phi) is 5.92. The minimum atomic E-state index is -0.154. The summed E-state index contributed by atoms with van der Waals surface area (Å²) in [5.74, 6) is 1.44. The molecule has 2 aliphatic rings. The van der Waals surface area contributed by atoms with E-state index in [4.69, 9.17) is 0 Å². The van der Waals surface area contributed by atoms with Crippen molar-refractivity contribution in [3.63, 3.8) is 0 Å². The molecule has 2 rings (SSSR count). The number of aliphatic hydroxyl groups excluding tert-OH is 1. The molecule has 1 N–H and O–H groups in total. The summed E-state index contributed by atoms with van der Waals surface area (Å²) >= 11 is 0. The molecule has 1 unspecified atom stereocenters. The van der Waals surface area contributed by atoms with Crippen molar-refractivity contribution in [2.45, 2.75) is 90.2 Å². The molecule has 1 aliphatic carbocycles. The summed E-state index contributed by atoms with van der Waals surface area (Å²) in [6.45, 7) is 9.20. The Morgan fingerprint density at radius 1 is 1.00 bits per heavy atom. The fraction of sp³-hybridized carbons (Fsp3) is 1.00. The molecule has 0 spiro atoms. The molecule has 1 heterocycles. The van der Waals surface area contributed by atoms with Crippen LogP contribution in [0.3, 0.4) is 0 Å². The van der Waals surface area contributed by atoms with Crippen molar-refractivity contribution in [2.75, 3.05) is 13.1 Å². The van der Waals surface area contributed by atoms with Crippen LogP contribution in [0.15, 0.2) is 0 Å². The zero-order valence-corrected chi connectivity index (χ0v) is 13.9. The number of hydrogen-bond acceptors (Lipinski definition) is 2. The van der Waals surface area contributed by atoms with Crippen LogP contribution >= 0.6 is 0 Å². The monoisotopic (exact) mass is 281 g/mol. The van der Waals surface area contributed by atoms with Gasteiger partial charge < -0.3 is 5.11 Å². The minimum absolute atomic E-state index is 0.0476. The molecule has 1 aliphatic heterocycles. The summed E-state index contributed by atoms with van der Waals surface area (Å²) < 4.78 is 0. The lowest BCUT2D eigenvalue weighted by molar-refractivity contribution is -0.0528. The van der Waals surface area contributed by atoms with Crippen molar-refractivity contribution < 1.29 is 5.11 Å². The second-order valence-corrected chi connectivity index (χ2v) is 7.69. The Morgan fingerprint density at radius 3 is 2.05 bits per heavy atom. The van der Waals surface area contributed by atoms with Crippen molar-refractivity contribution in [1.82, 2.24) is 4.90 Å². The molecule has 0 aromatic carbocycles. The second-order valence-electron chi connectivity index (χ2n) is 7.69. The van der Waals surface area contributed by atoms with Gasteiger partial charge in [0, 0.05) is 5.54 Å². The van der Waals surface area contributed by atoms with Gasteiger partial charge in [0.15, 0.2) is 0 Å². The van der Waals surface area contributed by atoms with Crippen LogP contribution < -0.4 is 0 Å². The third kappa shape index (κ3) is 3.76. The molecule has 1 saturated carbocycles. The van der Waals surface area contributed by atoms with Crippen LogP contribution in [0.25, 0.3) is 0 Å². The van der Waals surface area contributed by atoms with E-state index in [1.54, 1.807) is 0 Å². The van der Waals surface area contributed by atoms with Gasteiger partial charge in [-0.05, 0) is 64.5 Å². The van der Waals surface area contributed by atoms with E-state index in [9.17, 15) is 5.11 Å². The molecule has 0 aromatic heterocycles. The van der Waals surface area contributed by atoms with E-state index in [0.717, 1.165) is 5.92 Å². The van der Waals surface area contributed by atoms with Crippen LogP contribution in [-0.4, -0.2) is 34.7 Å². The summed E-state index contributed by atoms with van der Waals surface area (Å²) in [5, 5.41) is 11.0. The van der Waals surface area contributed by atoms with Crippen LogP contribution in [0, 0.1) is 11.8 Å². The van der Waals surface area contributed by atoms with Gasteiger partial charge in [-0.1, -0.05) is 39.0 Å². The van der Waals surface area contributed by atoms with Crippen LogP contribution in [0.1, 0.15) is 78.6 Å². The predicted molar refractivity (Wildman–Crippen MR) is 85.9 cm³/mol. The standard InChI is InChI=1S/C18H35NO/c1-4-15-9-11-16(12-10-15)17(20)18(2,3)19-13-7-5-6-8-14-19/h15-17,20H,4-14H2,1-3H3. The van der Waals surface area contributed by atoms with E-state index < -0.39 is 0 Å². The Bertz CT molecular complexity index is 273. The third-order valence-electron chi connectivity index (χ3n) is 6.06. The lowest BCUT2D eigenvalue weighted by Crippen LogP contribution is -2.55. The predicted octanol–water partition coefficient (Wildman–Crippen LogP) is 4.22. The summed E-state index contributed by atoms with van der Waals surface area (Å²) in [5.41, 5.74) is -0.0476. The van der Waals surface area contributed by atoms with E-state index in [2.05, 4.69) is 25.7 Å². The number of aliphatic hydroxyl groups is 1. The SMILES string of the molecule is CCC1CCC(C(O)C(C)(C)N2CCCCCC2)CC1. The lowest BCUT2D eigenvalue weighted by Gasteiger charge is -2.46. The van der Waals surface area contributed by atoms with E-state index in [0.29, 0.717) is 5.92 Å². The Labute approximate surface area is 125 Å². The van der Waals surface area contributed by atoms with E-state index in [1.807, 2.05) is 0 Å². The van der Waals surface area contributed by atoms with E-state index in [1.165, 1.54) is 70.9 Å².